The first-order valence-electron chi connectivity index (χ1n) is 9.34. The van der Waals surface area contributed by atoms with E-state index in [-0.39, 0.29) is 24.4 Å². The van der Waals surface area contributed by atoms with E-state index in [1.165, 1.54) is 4.90 Å². The summed E-state index contributed by atoms with van der Waals surface area (Å²) in [6.45, 7) is 2.17. The highest BCUT2D eigenvalue weighted by Gasteiger charge is 2.32. The van der Waals surface area contributed by atoms with Crippen molar-refractivity contribution < 1.29 is 14.3 Å². The van der Waals surface area contributed by atoms with Crippen LogP contribution in [0.15, 0.2) is 24.3 Å². The molecular formula is C19H23N5O3. The first-order valence-corrected chi connectivity index (χ1v) is 9.34. The molecule has 0 saturated heterocycles. The van der Waals surface area contributed by atoms with Gasteiger partial charge in [-0.25, -0.2) is 9.67 Å². The molecule has 4 rings (SSSR count). The summed E-state index contributed by atoms with van der Waals surface area (Å²) in [4.78, 5) is 31.3. The second-order valence-corrected chi connectivity index (χ2v) is 6.95. The van der Waals surface area contributed by atoms with Crippen LogP contribution in [0.25, 0.3) is 0 Å². The average molecular weight is 369 g/mol. The molecule has 1 aromatic heterocycles. The van der Waals surface area contributed by atoms with Gasteiger partial charge in [-0.1, -0.05) is 19.1 Å². The van der Waals surface area contributed by atoms with Crippen molar-refractivity contribution >= 4 is 17.5 Å². The van der Waals surface area contributed by atoms with E-state index in [4.69, 9.17) is 4.74 Å². The van der Waals surface area contributed by atoms with Crippen LogP contribution in [0, 0.1) is 0 Å². The van der Waals surface area contributed by atoms with Crippen LogP contribution in [-0.2, 0) is 11.2 Å². The van der Waals surface area contributed by atoms with Gasteiger partial charge in [0.05, 0.1) is 11.7 Å². The lowest BCUT2D eigenvalue weighted by atomic mass is 10.0. The van der Waals surface area contributed by atoms with Crippen LogP contribution in [-0.4, -0.2) is 46.3 Å². The fourth-order valence-corrected chi connectivity index (χ4v) is 3.69. The third kappa shape index (κ3) is 3.15. The molecule has 3 heterocycles. The Morgan fingerprint density at radius 1 is 1.37 bits per heavy atom. The minimum atomic E-state index is -0.794. The van der Waals surface area contributed by atoms with E-state index in [1.54, 1.807) is 13.1 Å². The third-order valence-corrected chi connectivity index (χ3v) is 5.23. The Morgan fingerprint density at radius 3 is 3.00 bits per heavy atom. The fourth-order valence-electron chi connectivity index (χ4n) is 3.69. The molecule has 1 unspecified atom stereocenters. The number of rotatable bonds is 3. The van der Waals surface area contributed by atoms with Crippen molar-refractivity contribution in [2.75, 3.05) is 18.6 Å². The maximum atomic E-state index is 12.8. The lowest BCUT2D eigenvalue weighted by molar-refractivity contribution is -0.120. The summed E-state index contributed by atoms with van der Waals surface area (Å²) in [5.41, 5.74) is 0.681. The molecule has 2 atom stereocenters. The number of nitrogens with zero attached hydrogens (tertiary/aromatic N) is 4. The van der Waals surface area contributed by atoms with Crippen molar-refractivity contribution in [3.63, 3.8) is 0 Å². The average Bonchev–Trinajstić information content (AvgIpc) is 3.10. The zero-order valence-electron chi connectivity index (χ0n) is 15.5. The van der Waals surface area contributed by atoms with Crippen molar-refractivity contribution in [2.24, 2.45) is 0 Å². The van der Waals surface area contributed by atoms with E-state index in [1.807, 2.05) is 22.9 Å². The summed E-state index contributed by atoms with van der Waals surface area (Å²) in [6.07, 6.45) is 3.87. The number of hydrogen-bond donors (Lipinski definition) is 1. The Bertz CT molecular complexity index is 878. The maximum absolute atomic E-state index is 12.8. The molecule has 2 aliphatic heterocycles. The van der Waals surface area contributed by atoms with Gasteiger partial charge >= 0.3 is 0 Å². The van der Waals surface area contributed by atoms with Gasteiger partial charge in [-0.05, 0) is 31.4 Å². The number of ether oxygens (including phenoxy) is 1. The van der Waals surface area contributed by atoms with Crippen LogP contribution in [0.3, 0.4) is 0 Å². The second kappa shape index (κ2) is 7.02. The van der Waals surface area contributed by atoms with Crippen LogP contribution in [0.4, 0.5) is 5.69 Å². The topological polar surface area (TPSA) is 89.3 Å². The Hall–Kier alpha value is -2.90. The predicted molar refractivity (Wildman–Crippen MR) is 98.9 cm³/mol. The number of benzene rings is 1. The van der Waals surface area contributed by atoms with Gasteiger partial charge in [0.2, 0.25) is 5.82 Å². The molecule has 0 radical (unpaired) electrons. The molecule has 0 saturated carbocycles. The van der Waals surface area contributed by atoms with Crippen LogP contribution in [0.2, 0.25) is 0 Å². The third-order valence-electron chi connectivity index (χ3n) is 5.23. The van der Waals surface area contributed by atoms with Crippen molar-refractivity contribution in [1.29, 1.82) is 0 Å². The smallest absolute Gasteiger partial charge is 0.291 e. The molecule has 2 amide bonds. The lowest BCUT2D eigenvalue weighted by Gasteiger charge is -2.21. The Balaban J connectivity index is 1.52. The van der Waals surface area contributed by atoms with Gasteiger partial charge in [0.15, 0.2) is 0 Å². The lowest BCUT2D eigenvalue weighted by Crippen LogP contribution is -2.49. The molecule has 2 aromatic rings. The summed E-state index contributed by atoms with van der Waals surface area (Å²) in [6, 6.07) is 6.80. The normalized spacial score (nSPS) is 21.7. The van der Waals surface area contributed by atoms with Gasteiger partial charge in [0.25, 0.3) is 11.8 Å². The zero-order valence-corrected chi connectivity index (χ0v) is 15.5. The summed E-state index contributed by atoms with van der Waals surface area (Å²) >= 11 is 0. The van der Waals surface area contributed by atoms with Gasteiger partial charge < -0.3 is 15.0 Å². The van der Waals surface area contributed by atoms with Crippen molar-refractivity contribution in [2.45, 2.75) is 44.7 Å². The fraction of sp³-hybridized carbons (Fsp3) is 0.474. The molecule has 8 heteroatoms. The number of aryl methyl sites for hydroxylation is 1. The van der Waals surface area contributed by atoms with Crippen LogP contribution >= 0.6 is 0 Å². The highest BCUT2D eigenvalue weighted by Crippen LogP contribution is 2.30. The molecule has 1 aromatic carbocycles. The standard InChI is InChI=1S/C19H23N5O3/c1-3-12-7-6-10-16-21-17(22-24(12)16)18(25)20-13-11-27-15-9-5-4-8-14(15)23(2)19(13)26/h4-5,8-9,12-13H,3,6-7,10-11H2,1-2H3,(H,20,25)/t12-,13?/m0/s1. The quantitative estimate of drug-likeness (QED) is 0.890. The number of para-hydroxylation sites is 2. The van der Waals surface area contributed by atoms with E-state index in [0.29, 0.717) is 11.4 Å². The number of carbonyl (C=O) groups excluding carboxylic acids is 2. The van der Waals surface area contributed by atoms with Crippen molar-refractivity contribution in [1.82, 2.24) is 20.1 Å². The number of aromatic nitrogens is 3. The molecule has 0 fully saturated rings. The number of carbonyl (C=O) groups is 2. The number of hydrogen-bond acceptors (Lipinski definition) is 5. The van der Waals surface area contributed by atoms with E-state index >= 15 is 0 Å². The molecule has 142 valence electrons. The Labute approximate surface area is 157 Å². The van der Waals surface area contributed by atoms with Crippen molar-refractivity contribution in [3.8, 4) is 5.75 Å². The SMILES string of the molecule is CC[C@H]1CCCc2nc(C(=O)NC3COc4ccccc4N(C)C3=O)nn21. The maximum Gasteiger partial charge on any atom is 0.291 e. The van der Waals surface area contributed by atoms with Crippen molar-refractivity contribution in [3.05, 3.63) is 35.9 Å². The van der Waals surface area contributed by atoms with Crippen LogP contribution < -0.4 is 15.0 Å². The van der Waals surface area contributed by atoms with E-state index in [9.17, 15) is 9.59 Å². The molecule has 1 N–H and O–H groups in total. The van der Waals surface area contributed by atoms with E-state index < -0.39 is 11.9 Å². The van der Waals surface area contributed by atoms with Crippen LogP contribution in [0.5, 0.6) is 5.75 Å². The van der Waals surface area contributed by atoms with Gasteiger partial charge in [0.1, 0.15) is 24.2 Å². The minimum absolute atomic E-state index is 0.0665. The number of amides is 2. The summed E-state index contributed by atoms with van der Waals surface area (Å²) in [7, 11) is 1.68. The van der Waals surface area contributed by atoms with Gasteiger partial charge in [-0.15, -0.1) is 5.10 Å². The number of likely N-dealkylation sites (N-methyl/N-ethyl adjacent to an activating group) is 1. The predicted octanol–water partition coefficient (Wildman–Crippen LogP) is 1.72. The van der Waals surface area contributed by atoms with Crippen LogP contribution in [0.1, 0.15) is 48.7 Å². The molecule has 27 heavy (non-hydrogen) atoms. The zero-order chi connectivity index (χ0) is 19.0. The Kier molecular flexibility index (Phi) is 4.55. The largest absolute Gasteiger partial charge is 0.489 e. The van der Waals surface area contributed by atoms with E-state index in [0.717, 1.165) is 31.5 Å². The number of nitrogens with one attached hydrogen (secondary N) is 1. The monoisotopic (exact) mass is 369 g/mol. The van der Waals surface area contributed by atoms with Gasteiger partial charge in [-0.2, -0.15) is 0 Å². The second-order valence-electron chi connectivity index (χ2n) is 6.95. The molecule has 2 aliphatic rings. The van der Waals surface area contributed by atoms with Gasteiger partial charge in [-0.3, -0.25) is 9.59 Å². The molecule has 0 bridgehead atoms. The highest BCUT2D eigenvalue weighted by atomic mass is 16.5. The Morgan fingerprint density at radius 2 is 2.19 bits per heavy atom. The summed E-state index contributed by atoms with van der Waals surface area (Å²) in [5, 5.41) is 7.14. The molecular weight excluding hydrogens is 346 g/mol. The molecule has 0 spiro atoms. The first-order chi connectivity index (χ1) is 13.1. The summed E-state index contributed by atoms with van der Waals surface area (Å²) in [5.74, 6) is 0.886. The molecule has 0 aliphatic carbocycles. The van der Waals surface area contributed by atoms with E-state index in [2.05, 4.69) is 22.3 Å². The summed E-state index contributed by atoms with van der Waals surface area (Å²) < 4.78 is 7.60. The first kappa shape index (κ1) is 17.5. The minimum Gasteiger partial charge on any atom is -0.489 e. The number of fused-ring (bicyclic) bond motifs is 2. The number of anilines is 1. The van der Waals surface area contributed by atoms with Gasteiger partial charge in [0, 0.05) is 13.5 Å². The molecule has 8 nitrogen and oxygen atoms in total. The highest BCUT2D eigenvalue weighted by molar-refractivity contribution is 6.02.